The number of nitrogens with zero attached hydrogens (tertiary/aromatic N) is 2. The van der Waals surface area contributed by atoms with Crippen LogP contribution < -0.4 is 14.4 Å². The summed E-state index contributed by atoms with van der Waals surface area (Å²) in [6, 6.07) is 95.2. The highest BCUT2D eigenvalue weighted by Gasteiger charge is 2.46. The summed E-state index contributed by atoms with van der Waals surface area (Å²) >= 11 is 0. The van der Waals surface area contributed by atoms with Gasteiger partial charge in [-0.25, -0.2) is 0 Å². The number of rotatable bonds is 19. The van der Waals surface area contributed by atoms with Crippen molar-refractivity contribution in [1.29, 1.82) is 0 Å². The topological polar surface area (TPSA) is 26.6 Å². The van der Waals surface area contributed by atoms with Crippen molar-refractivity contribution in [2.75, 3.05) is 18.1 Å². The number of ether oxygens (including phenoxy) is 2. The van der Waals surface area contributed by atoms with Crippen LogP contribution in [0.1, 0.15) is 64.6 Å². The summed E-state index contributed by atoms with van der Waals surface area (Å²) in [5.41, 5.74) is 21.6. The molecule has 82 heavy (non-hydrogen) atoms. The Balaban J connectivity index is 0.847. The molecule has 0 spiro atoms. The number of hydrogen-bond donors (Lipinski definition) is 0. The number of para-hydroxylation sites is 1. The quantitative estimate of drug-likeness (QED) is 0.0755. The smallest absolute Gasteiger partial charge is 0.120 e. The molecule has 1 aromatic heterocycles. The van der Waals surface area contributed by atoms with Gasteiger partial charge in [-0.3, -0.25) is 0 Å². The molecule has 1 heterocycles. The third-order valence-corrected chi connectivity index (χ3v) is 16.5. The molecule has 1 aliphatic carbocycles. The first-order valence-electron chi connectivity index (χ1n) is 28.7. The minimum Gasteiger partial charge on any atom is -0.494 e. The van der Waals surface area contributed by atoms with E-state index in [4.69, 9.17) is 9.47 Å². The van der Waals surface area contributed by atoms with Crippen LogP contribution in [0.25, 0.3) is 73.0 Å². The molecule has 1 aliphatic rings. The molecule has 0 bridgehead atoms. The van der Waals surface area contributed by atoms with Crippen molar-refractivity contribution in [2.24, 2.45) is 0 Å². The van der Waals surface area contributed by atoms with E-state index in [0.29, 0.717) is 13.2 Å². The van der Waals surface area contributed by atoms with Gasteiger partial charge in [-0.2, -0.15) is 0 Å². The maximum atomic E-state index is 6.48. The molecule has 0 saturated carbocycles. The molecule has 11 aromatic carbocycles. The van der Waals surface area contributed by atoms with E-state index in [-0.39, 0.29) is 0 Å². The third-order valence-electron chi connectivity index (χ3n) is 16.5. The molecule has 1 unspecified atom stereocenters. The Hall–Kier alpha value is -9.90. The first-order valence-corrected chi connectivity index (χ1v) is 28.7. The lowest BCUT2D eigenvalue weighted by molar-refractivity contribution is 0.288. The summed E-state index contributed by atoms with van der Waals surface area (Å²) in [5.74, 6) is 1.79. The summed E-state index contributed by atoms with van der Waals surface area (Å²) in [4.78, 5) is 2.42. The highest BCUT2D eigenvalue weighted by atomic mass is 16.5. The fourth-order valence-electron chi connectivity index (χ4n) is 12.3. The molecule has 4 heteroatoms. The lowest BCUT2D eigenvalue weighted by atomic mass is 9.67. The average Bonchev–Trinajstić information content (AvgIpc) is 3.35. The van der Waals surface area contributed by atoms with Gasteiger partial charge in [0.1, 0.15) is 11.5 Å². The SMILES string of the molecule is C=Cc1ccc(OCCCCCCOc2ccc3c(c2)c2cc(-c4ccc(N(c5ccc(-c6ccccc6)cc5)c5ccc6c(c5)C(c5ccc(C)cc5)(c5ccc(C=C)cc5)c5ccccc5-6)cc4)ccc2n3-c2ccccc2)cc1. The van der Waals surface area contributed by atoms with Crippen LogP contribution in [0.5, 0.6) is 11.5 Å². The Kier molecular flexibility index (Phi) is 14.3. The highest BCUT2D eigenvalue weighted by Crippen LogP contribution is 2.57. The van der Waals surface area contributed by atoms with Crippen LogP contribution in [0.15, 0.2) is 274 Å². The van der Waals surface area contributed by atoms with Gasteiger partial charge >= 0.3 is 0 Å². The number of unbranched alkanes of at least 4 members (excludes halogenated alkanes) is 3. The van der Waals surface area contributed by atoms with E-state index < -0.39 is 5.41 Å². The van der Waals surface area contributed by atoms with Gasteiger partial charge in [0.2, 0.25) is 0 Å². The minimum atomic E-state index is -0.576. The van der Waals surface area contributed by atoms with Crippen LogP contribution in [0.4, 0.5) is 17.1 Å². The van der Waals surface area contributed by atoms with Crippen molar-refractivity contribution >= 4 is 51.0 Å². The van der Waals surface area contributed by atoms with E-state index in [1.54, 1.807) is 0 Å². The van der Waals surface area contributed by atoms with E-state index in [1.165, 1.54) is 55.5 Å². The second-order valence-corrected chi connectivity index (χ2v) is 21.5. The van der Waals surface area contributed by atoms with Gasteiger partial charge in [0.05, 0.1) is 29.7 Å². The summed E-state index contributed by atoms with van der Waals surface area (Å²) in [6.45, 7) is 11.5. The van der Waals surface area contributed by atoms with Crippen LogP contribution in [0.2, 0.25) is 0 Å². The monoisotopic (exact) mass is 1060 g/mol. The van der Waals surface area contributed by atoms with Crippen molar-refractivity contribution in [3.63, 3.8) is 0 Å². The van der Waals surface area contributed by atoms with Crippen molar-refractivity contribution in [3.8, 4) is 50.6 Å². The number of fused-ring (bicyclic) bond motifs is 6. The molecule has 0 fully saturated rings. The van der Waals surface area contributed by atoms with E-state index in [0.717, 1.165) is 98.6 Å². The molecular weight excluding hydrogens is 997 g/mol. The van der Waals surface area contributed by atoms with Gasteiger partial charge in [0, 0.05) is 33.5 Å². The standard InChI is InChI=1S/C78H64N2O2/c1-4-56-26-37-63(38-27-56)78(62-35-24-55(3)25-36-62)74-23-15-14-22-70(74)71-47-43-67(53-75(71)78)79(65-39-30-59(31-40-65)58-18-10-8-11-19-58)66-41-32-60(33-42-66)61-34-48-76-72(52-61)73-54-69(46-49-77(73)80(76)64-20-12-9-13-21-64)82-51-17-7-6-16-50-81-68-44-28-57(5-2)29-45-68/h4-5,8-15,18-49,52-54H,1-2,6-7,16-17,50-51H2,3H3. The normalized spacial score (nSPS) is 13.4. The van der Waals surface area contributed by atoms with Gasteiger partial charge in [0.15, 0.2) is 0 Å². The predicted octanol–water partition coefficient (Wildman–Crippen LogP) is 20.6. The summed E-state index contributed by atoms with van der Waals surface area (Å²) in [5, 5.41) is 2.34. The van der Waals surface area contributed by atoms with Crippen molar-refractivity contribution in [1.82, 2.24) is 4.57 Å². The van der Waals surface area contributed by atoms with Gasteiger partial charge in [-0.15, -0.1) is 0 Å². The van der Waals surface area contributed by atoms with Gasteiger partial charge in [0.25, 0.3) is 0 Å². The van der Waals surface area contributed by atoms with Crippen molar-refractivity contribution < 1.29 is 9.47 Å². The van der Waals surface area contributed by atoms with Crippen LogP contribution in [0.3, 0.4) is 0 Å². The Morgan fingerprint density at radius 2 is 0.890 bits per heavy atom. The van der Waals surface area contributed by atoms with Crippen molar-refractivity contribution in [3.05, 3.63) is 313 Å². The molecule has 0 N–H and O–H groups in total. The maximum absolute atomic E-state index is 6.48. The van der Waals surface area contributed by atoms with E-state index in [1.807, 2.05) is 36.4 Å². The van der Waals surface area contributed by atoms with Crippen LogP contribution >= 0.6 is 0 Å². The van der Waals surface area contributed by atoms with Gasteiger partial charge in [-0.1, -0.05) is 201 Å². The van der Waals surface area contributed by atoms with Crippen molar-refractivity contribution in [2.45, 2.75) is 38.0 Å². The van der Waals surface area contributed by atoms with Crippen LogP contribution in [-0.2, 0) is 5.41 Å². The summed E-state index contributed by atoms with van der Waals surface area (Å²) in [7, 11) is 0. The molecule has 1 atom stereocenters. The summed E-state index contributed by atoms with van der Waals surface area (Å²) in [6.07, 6.45) is 7.93. The molecule has 13 rings (SSSR count). The molecule has 0 aliphatic heterocycles. The zero-order chi connectivity index (χ0) is 55.4. The lowest BCUT2D eigenvalue weighted by Crippen LogP contribution is -2.29. The first-order chi connectivity index (χ1) is 40.5. The molecule has 0 amide bonds. The molecule has 4 nitrogen and oxygen atoms in total. The molecule has 0 radical (unpaired) electrons. The fraction of sp³-hybridized carbons (Fsp3) is 0.103. The van der Waals surface area contributed by atoms with Gasteiger partial charge < -0.3 is 18.9 Å². The number of hydrogen-bond acceptors (Lipinski definition) is 3. The average molecular weight is 1060 g/mol. The molecule has 398 valence electrons. The van der Waals surface area contributed by atoms with E-state index >= 15 is 0 Å². The Morgan fingerprint density at radius 1 is 0.402 bits per heavy atom. The minimum absolute atomic E-state index is 0.576. The Labute approximate surface area is 482 Å². The zero-order valence-electron chi connectivity index (χ0n) is 46.3. The van der Waals surface area contributed by atoms with E-state index in [2.05, 4.69) is 266 Å². The second-order valence-electron chi connectivity index (χ2n) is 21.5. The highest BCUT2D eigenvalue weighted by molar-refractivity contribution is 6.11. The third kappa shape index (κ3) is 9.77. The number of aromatic nitrogens is 1. The first kappa shape index (κ1) is 51.5. The Morgan fingerprint density at radius 3 is 1.54 bits per heavy atom. The molecular formula is C78H64N2O2. The Bertz CT molecular complexity index is 4220. The molecule has 12 aromatic rings. The number of aryl methyl sites for hydroxylation is 1. The number of anilines is 3. The van der Waals surface area contributed by atoms with E-state index in [9.17, 15) is 0 Å². The maximum Gasteiger partial charge on any atom is 0.120 e. The second kappa shape index (κ2) is 22.7. The molecule has 0 saturated heterocycles. The lowest BCUT2D eigenvalue weighted by Gasteiger charge is -2.35. The predicted molar refractivity (Wildman–Crippen MR) is 344 cm³/mol. The van der Waals surface area contributed by atoms with Gasteiger partial charge in [-0.05, 0) is 190 Å². The summed E-state index contributed by atoms with van der Waals surface area (Å²) < 4.78 is 14.8. The fourth-order valence-corrected chi connectivity index (χ4v) is 12.3. The van der Waals surface area contributed by atoms with Crippen LogP contribution in [0, 0.1) is 6.92 Å². The van der Waals surface area contributed by atoms with Crippen LogP contribution in [-0.4, -0.2) is 17.8 Å². The number of benzene rings is 11. The largest absolute Gasteiger partial charge is 0.494 e. The zero-order valence-corrected chi connectivity index (χ0v) is 46.3.